The summed E-state index contributed by atoms with van der Waals surface area (Å²) < 4.78 is 15.9. The SMILES string of the molecule is BC(Nc1cc(-c2cncnc2)c2ncc(C#N)c(NCC(C)(C)C)c2c1)(c1ccc(F)cc1)c1cn(C2CC2)nn1. The molecule has 1 aliphatic rings. The summed E-state index contributed by atoms with van der Waals surface area (Å²) in [4.78, 5) is 13.2. The van der Waals surface area contributed by atoms with Crippen LogP contribution in [-0.4, -0.2) is 44.3 Å². The Morgan fingerprint density at radius 3 is 2.50 bits per heavy atom. The van der Waals surface area contributed by atoms with Crippen molar-refractivity contribution in [2.24, 2.45) is 5.41 Å². The third kappa shape index (κ3) is 5.40. The fraction of sp³-hybridized carbons (Fsp3) is 0.290. The van der Waals surface area contributed by atoms with Gasteiger partial charge in [-0.05, 0) is 48.1 Å². The van der Waals surface area contributed by atoms with Gasteiger partial charge >= 0.3 is 0 Å². The second-order valence-electron chi connectivity index (χ2n) is 12.2. The number of anilines is 2. The van der Waals surface area contributed by atoms with Gasteiger partial charge in [-0.25, -0.2) is 19.0 Å². The number of nitrogens with zero attached hydrogens (tertiary/aromatic N) is 7. The molecule has 9 nitrogen and oxygen atoms in total. The molecule has 1 aliphatic carbocycles. The first-order valence-electron chi connectivity index (χ1n) is 14.0. The molecule has 42 heavy (non-hydrogen) atoms. The zero-order chi connectivity index (χ0) is 29.5. The second kappa shape index (κ2) is 10.5. The van der Waals surface area contributed by atoms with Gasteiger partial charge in [-0.3, -0.25) is 4.98 Å². The van der Waals surface area contributed by atoms with E-state index in [1.165, 1.54) is 18.5 Å². The summed E-state index contributed by atoms with van der Waals surface area (Å²) in [7, 11) is 2.01. The van der Waals surface area contributed by atoms with Crippen molar-refractivity contribution in [2.75, 3.05) is 17.2 Å². The van der Waals surface area contributed by atoms with E-state index >= 15 is 0 Å². The van der Waals surface area contributed by atoms with Crippen molar-refractivity contribution >= 4 is 30.1 Å². The van der Waals surface area contributed by atoms with Crippen LogP contribution >= 0.6 is 0 Å². The van der Waals surface area contributed by atoms with Crippen molar-refractivity contribution in [3.8, 4) is 17.2 Å². The number of nitriles is 1. The number of benzene rings is 2. The quantitative estimate of drug-likeness (QED) is 0.254. The number of rotatable bonds is 8. The monoisotopic (exact) mass is 559 g/mol. The van der Waals surface area contributed by atoms with Gasteiger partial charge in [0, 0.05) is 47.3 Å². The summed E-state index contributed by atoms with van der Waals surface area (Å²) in [5, 5.41) is 27.0. The average Bonchev–Trinajstić information content (AvgIpc) is 3.71. The van der Waals surface area contributed by atoms with Crippen LogP contribution in [0.1, 0.15) is 56.5 Å². The number of hydrogen-bond acceptors (Lipinski definition) is 8. The molecule has 0 radical (unpaired) electrons. The first-order chi connectivity index (χ1) is 20.1. The third-order valence-electron chi connectivity index (χ3n) is 7.52. The van der Waals surface area contributed by atoms with Crippen molar-refractivity contribution in [1.29, 1.82) is 5.26 Å². The summed E-state index contributed by atoms with van der Waals surface area (Å²) in [5.41, 5.74) is 4.87. The van der Waals surface area contributed by atoms with Crippen LogP contribution in [-0.2, 0) is 5.44 Å². The van der Waals surface area contributed by atoms with Gasteiger partial charge in [-0.1, -0.05) is 38.1 Å². The molecule has 1 saturated carbocycles. The minimum atomic E-state index is -0.863. The number of hydrogen-bond donors (Lipinski definition) is 2. The summed E-state index contributed by atoms with van der Waals surface area (Å²) in [5.74, 6) is -0.315. The van der Waals surface area contributed by atoms with Gasteiger partial charge in [-0.2, -0.15) is 5.26 Å². The molecule has 11 heteroatoms. The fourth-order valence-electron chi connectivity index (χ4n) is 5.04. The summed E-state index contributed by atoms with van der Waals surface area (Å²) >= 11 is 0. The molecular formula is C31H31BFN9. The van der Waals surface area contributed by atoms with Crippen LogP contribution in [0.2, 0.25) is 0 Å². The lowest BCUT2D eigenvalue weighted by atomic mass is 9.69. The van der Waals surface area contributed by atoms with Crippen molar-refractivity contribution in [3.05, 3.63) is 90.2 Å². The van der Waals surface area contributed by atoms with E-state index in [1.807, 2.05) is 30.9 Å². The standard InChI is InChI=1S/C31H31BFN9/c1-30(2,3)17-38-28-19(12-34)15-37-29-25(20-13-35-18-36-14-20)10-23(11-26(28)29)39-31(32,21-4-6-22(33)7-5-21)27-16-42(41-40-27)24-8-9-24/h4-7,10-11,13-16,18,24,39H,8-9,17,32H2,1-3H3,(H,37,38). The fourth-order valence-corrected chi connectivity index (χ4v) is 5.04. The maximum Gasteiger partial charge on any atom is 0.148 e. The maximum atomic E-state index is 14.0. The van der Waals surface area contributed by atoms with Crippen molar-refractivity contribution in [1.82, 2.24) is 29.9 Å². The largest absolute Gasteiger partial charge is 0.383 e. The highest BCUT2D eigenvalue weighted by molar-refractivity contribution is 6.19. The Morgan fingerprint density at radius 1 is 1.10 bits per heavy atom. The van der Waals surface area contributed by atoms with Crippen molar-refractivity contribution < 1.29 is 4.39 Å². The van der Waals surface area contributed by atoms with Gasteiger partial charge in [0.2, 0.25) is 0 Å². The molecule has 2 N–H and O–H groups in total. The second-order valence-corrected chi connectivity index (χ2v) is 12.2. The number of pyridine rings is 1. The Balaban J connectivity index is 1.55. The molecule has 6 rings (SSSR count). The van der Waals surface area contributed by atoms with Crippen LogP contribution in [0.5, 0.6) is 0 Å². The van der Waals surface area contributed by atoms with Crippen LogP contribution in [0.15, 0.2) is 67.5 Å². The highest BCUT2D eigenvalue weighted by atomic mass is 19.1. The van der Waals surface area contributed by atoms with Crippen LogP contribution in [0.3, 0.4) is 0 Å². The molecule has 3 heterocycles. The van der Waals surface area contributed by atoms with E-state index < -0.39 is 5.44 Å². The Kier molecular flexibility index (Phi) is 6.85. The molecule has 1 atom stereocenters. The molecule has 0 amide bonds. The van der Waals surface area contributed by atoms with Crippen molar-refractivity contribution in [3.63, 3.8) is 0 Å². The third-order valence-corrected chi connectivity index (χ3v) is 7.52. The van der Waals surface area contributed by atoms with Crippen LogP contribution in [0.4, 0.5) is 15.8 Å². The van der Waals surface area contributed by atoms with E-state index in [1.54, 1.807) is 30.7 Å². The van der Waals surface area contributed by atoms with E-state index in [9.17, 15) is 9.65 Å². The number of nitrogens with one attached hydrogen (secondary N) is 2. The topological polar surface area (TPSA) is 117 Å². The molecule has 0 spiro atoms. The van der Waals surface area contributed by atoms with Crippen LogP contribution < -0.4 is 10.6 Å². The lowest BCUT2D eigenvalue weighted by Crippen LogP contribution is -2.37. The number of aromatic nitrogens is 6. The Morgan fingerprint density at radius 2 is 1.83 bits per heavy atom. The zero-order valence-electron chi connectivity index (χ0n) is 24.1. The smallest absolute Gasteiger partial charge is 0.148 e. The highest BCUT2D eigenvalue weighted by Gasteiger charge is 2.34. The average molecular weight is 559 g/mol. The minimum absolute atomic E-state index is 0.0250. The van der Waals surface area contributed by atoms with Crippen LogP contribution in [0.25, 0.3) is 22.0 Å². The molecule has 1 unspecified atom stereocenters. The molecular weight excluding hydrogens is 528 g/mol. The summed E-state index contributed by atoms with van der Waals surface area (Å²) in [6.07, 6.45) is 10.7. The van der Waals surface area contributed by atoms with Crippen molar-refractivity contribution in [2.45, 2.75) is 45.1 Å². The van der Waals surface area contributed by atoms with E-state index in [0.29, 0.717) is 35.0 Å². The molecule has 0 saturated heterocycles. The minimum Gasteiger partial charge on any atom is -0.383 e. The van der Waals surface area contributed by atoms with Gasteiger partial charge in [0.15, 0.2) is 0 Å². The predicted octanol–water partition coefficient (Wildman–Crippen LogP) is 5.03. The lowest BCUT2D eigenvalue weighted by Gasteiger charge is -2.31. The normalized spacial score (nSPS) is 14.7. The molecule has 210 valence electrons. The number of fused-ring (bicyclic) bond motifs is 1. The molecule has 0 aliphatic heterocycles. The molecule has 1 fully saturated rings. The van der Waals surface area contributed by atoms with Gasteiger partial charge in [-0.15, -0.1) is 5.10 Å². The van der Waals surface area contributed by atoms with E-state index in [2.05, 4.69) is 57.8 Å². The Hall–Kier alpha value is -4.85. The Labute approximate surface area is 244 Å². The molecule has 0 bridgehead atoms. The van der Waals surface area contributed by atoms with E-state index in [-0.39, 0.29) is 11.2 Å². The summed E-state index contributed by atoms with van der Waals surface area (Å²) in [6, 6.07) is 13.1. The number of halogens is 1. The predicted molar refractivity (Wildman–Crippen MR) is 163 cm³/mol. The maximum absolute atomic E-state index is 14.0. The van der Waals surface area contributed by atoms with Gasteiger partial charge in [0.1, 0.15) is 31.8 Å². The van der Waals surface area contributed by atoms with Gasteiger partial charge in [0.25, 0.3) is 0 Å². The molecule has 3 aromatic heterocycles. The van der Waals surface area contributed by atoms with E-state index in [4.69, 9.17) is 4.98 Å². The van der Waals surface area contributed by atoms with Crippen LogP contribution in [0, 0.1) is 22.6 Å². The van der Waals surface area contributed by atoms with E-state index in [0.717, 1.165) is 40.6 Å². The molecule has 5 aromatic rings. The summed E-state index contributed by atoms with van der Waals surface area (Å²) in [6.45, 7) is 7.06. The van der Waals surface area contributed by atoms with Gasteiger partial charge in [0.05, 0.1) is 34.4 Å². The Bertz CT molecular complexity index is 1790. The zero-order valence-corrected chi connectivity index (χ0v) is 24.1. The lowest BCUT2D eigenvalue weighted by molar-refractivity contribution is 0.443. The van der Waals surface area contributed by atoms with Gasteiger partial charge < -0.3 is 10.6 Å². The first kappa shape index (κ1) is 27.3. The first-order valence-corrected chi connectivity index (χ1v) is 14.0. The highest BCUT2D eigenvalue weighted by Crippen LogP contribution is 2.39. The molecule has 2 aromatic carbocycles.